The molecule has 30 heavy (non-hydrogen) atoms. The van der Waals surface area contributed by atoms with Crippen molar-refractivity contribution < 1.29 is 9.53 Å². The number of ether oxygens (including phenoxy) is 1. The molecule has 3 rings (SSSR count). The van der Waals surface area contributed by atoms with E-state index >= 15 is 0 Å². The van der Waals surface area contributed by atoms with E-state index in [-0.39, 0.29) is 6.03 Å². The number of benzene rings is 2. The zero-order valence-corrected chi connectivity index (χ0v) is 18.1. The fourth-order valence-electron chi connectivity index (χ4n) is 3.54. The van der Waals surface area contributed by atoms with Gasteiger partial charge >= 0.3 is 6.03 Å². The molecule has 0 saturated carbocycles. The van der Waals surface area contributed by atoms with Crippen molar-refractivity contribution in [3.05, 3.63) is 76.6 Å². The van der Waals surface area contributed by atoms with Crippen LogP contribution in [-0.4, -0.2) is 23.4 Å². The fraction of sp³-hybridized carbons (Fsp3) is 0.250. The van der Waals surface area contributed by atoms with Crippen molar-refractivity contribution in [3.8, 4) is 11.4 Å². The Morgan fingerprint density at radius 3 is 2.33 bits per heavy atom. The quantitative estimate of drug-likeness (QED) is 0.434. The van der Waals surface area contributed by atoms with Gasteiger partial charge in [-0.25, -0.2) is 10.2 Å². The molecule has 6 heteroatoms. The molecule has 0 aliphatic carbocycles. The van der Waals surface area contributed by atoms with Gasteiger partial charge in [-0.1, -0.05) is 6.07 Å². The van der Waals surface area contributed by atoms with Gasteiger partial charge in [-0.05, 0) is 88.2 Å². The number of rotatable bonds is 6. The largest absolute Gasteiger partial charge is 0.494 e. The number of hydrogen-bond donors (Lipinski definition) is 2. The maximum absolute atomic E-state index is 12.1. The summed E-state index contributed by atoms with van der Waals surface area (Å²) >= 11 is 0. The highest BCUT2D eigenvalue weighted by Crippen LogP contribution is 2.22. The molecule has 0 aliphatic rings. The van der Waals surface area contributed by atoms with Crippen LogP contribution in [0.25, 0.3) is 5.69 Å². The van der Waals surface area contributed by atoms with Crippen LogP contribution in [0.3, 0.4) is 0 Å². The number of nitrogens with zero attached hydrogens (tertiary/aromatic N) is 2. The number of aromatic nitrogens is 1. The van der Waals surface area contributed by atoms with Crippen LogP contribution in [0.2, 0.25) is 0 Å². The Balaban J connectivity index is 1.69. The lowest BCUT2D eigenvalue weighted by atomic mass is 10.1. The standard InChI is InChI=1S/C24H28N4O2/c1-6-30-23-9-7-22(8-10-23)28-18(4)14-20(19(28)5)15-25-27-24(29)26-21-12-16(2)11-17(3)13-21/h7-15H,6H2,1-5H3,(H2,26,27,29)/b25-15+. The average Bonchev–Trinajstić information content (AvgIpc) is 2.95. The van der Waals surface area contributed by atoms with Crippen molar-refractivity contribution >= 4 is 17.9 Å². The summed E-state index contributed by atoms with van der Waals surface area (Å²) in [6.45, 7) is 10.7. The normalized spacial score (nSPS) is 11.0. The number of nitrogens with one attached hydrogen (secondary N) is 2. The summed E-state index contributed by atoms with van der Waals surface area (Å²) in [5.41, 5.74) is 9.57. The monoisotopic (exact) mass is 404 g/mol. The second-order valence-electron chi connectivity index (χ2n) is 7.29. The number of carbonyl (C=O) groups is 1. The van der Waals surface area contributed by atoms with Crippen molar-refractivity contribution in [3.63, 3.8) is 0 Å². The lowest BCUT2D eigenvalue weighted by Gasteiger charge is -2.11. The van der Waals surface area contributed by atoms with E-state index < -0.39 is 0 Å². The third-order valence-corrected chi connectivity index (χ3v) is 4.73. The molecule has 1 heterocycles. The summed E-state index contributed by atoms with van der Waals surface area (Å²) in [5, 5.41) is 6.91. The number of carbonyl (C=O) groups excluding carboxylic acids is 1. The molecule has 0 radical (unpaired) electrons. The Morgan fingerprint density at radius 1 is 1.03 bits per heavy atom. The van der Waals surface area contributed by atoms with Gasteiger partial charge in [0.1, 0.15) is 5.75 Å². The van der Waals surface area contributed by atoms with Crippen LogP contribution in [-0.2, 0) is 0 Å². The van der Waals surface area contributed by atoms with Crippen LogP contribution in [0.5, 0.6) is 5.75 Å². The third-order valence-electron chi connectivity index (χ3n) is 4.73. The van der Waals surface area contributed by atoms with E-state index in [9.17, 15) is 4.79 Å². The SMILES string of the molecule is CCOc1ccc(-n2c(C)cc(/C=N/NC(=O)Nc3cc(C)cc(C)c3)c2C)cc1. The lowest BCUT2D eigenvalue weighted by molar-refractivity contribution is 0.252. The summed E-state index contributed by atoms with van der Waals surface area (Å²) in [4.78, 5) is 12.1. The van der Waals surface area contributed by atoms with E-state index in [0.717, 1.165) is 45.2 Å². The smallest absolute Gasteiger partial charge is 0.339 e. The van der Waals surface area contributed by atoms with E-state index in [4.69, 9.17) is 4.74 Å². The Labute approximate surface area is 177 Å². The van der Waals surface area contributed by atoms with Crippen molar-refractivity contribution in [1.29, 1.82) is 0 Å². The molecule has 0 spiro atoms. The van der Waals surface area contributed by atoms with E-state index in [0.29, 0.717) is 6.61 Å². The summed E-state index contributed by atoms with van der Waals surface area (Å²) in [7, 11) is 0. The highest BCUT2D eigenvalue weighted by atomic mass is 16.5. The molecule has 3 aromatic rings. The van der Waals surface area contributed by atoms with Crippen LogP contribution in [0.15, 0.2) is 53.6 Å². The van der Waals surface area contributed by atoms with Gasteiger partial charge in [0.25, 0.3) is 0 Å². The van der Waals surface area contributed by atoms with Crippen LogP contribution in [0.4, 0.5) is 10.5 Å². The second kappa shape index (κ2) is 9.31. The second-order valence-corrected chi connectivity index (χ2v) is 7.29. The molecule has 2 aromatic carbocycles. The number of hydrazone groups is 1. The van der Waals surface area contributed by atoms with E-state index in [1.54, 1.807) is 6.21 Å². The molecular weight excluding hydrogens is 376 g/mol. The van der Waals surface area contributed by atoms with Gasteiger partial charge in [-0.15, -0.1) is 0 Å². The lowest BCUT2D eigenvalue weighted by Crippen LogP contribution is -2.24. The van der Waals surface area contributed by atoms with Crippen LogP contribution in [0.1, 0.15) is 35.0 Å². The molecule has 0 unspecified atom stereocenters. The summed E-state index contributed by atoms with van der Waals surface area (Å²) in [5.74, 6) is 0.851. The maximum atomic E-state index is 12.1. The Bertz CT molecular complexity index is 1050. The first kappa shape index (κ1) is 21.2. The van der Waals surface area contributed by atoms with Crippen LogP contribution >= 0.6 is 0 Å². The summed E-state index contributed by atoms with van der Waals surface area (Å²) in [6.07, 6.45) is 1.66. The molecule has 2 N–H and O–H groups in total. The molecule has 156 valence electrons. The molecule has 0 aliphatic heterocycles. The van der Waals surface area contributed by atoms with Crippen LogP contribution < -0.4 is 15.5 Å². The average molecular weight is 405 g/mol. The number of anilines is 1. The first-order valence-electron chi connectivity index (χ1n) is 9.98. The molecule has 0 bridgehead atoms. The Kier molecular flexibility index (Phi) is 6.57. The third kappa shape index (κ3) is 5.08. The summed E-state index contributed by atoms with van der Waals surface area (Å²) < 4.78 is 7.66. The van der Waals surface area contributed by atoms with Crippen molar-refractivity contribution in [2.45, 2.75) is 34.6 Å². The van der Waals surface area contributed by atoms with Gasteiger partial charge in [0.05, 0.1) is 12.8 Å². The number of urea groups is 1. The van der Waals surface area contributed by atoms with Crippen molar-refractivity contribution in [2.24, 2.45) is 5.10 Å². The minimum atomic E-state index is -0.378. The zero-order chi connectivity index (χ0) is 21.7. The Morgan fingerprint density at radius 2 is 1.70 bits per heavy atom. The van der Waals surface area contributed by atoms with Crippen molar-refractivity contribution in [1.82, 2.24) is 9.99 Å². The minimum absolute atomic E-state index is 0.378. The predicted molar refractivity (Wildman–Crippen MR) is 122 cm³/mol. The molecule has 2 amide bonds. The summed E-state index contributed by atoms with van der Waals surface area (Å²) in [6, 6.07) is 15.5. The topological polar surface area (TPSA) is 67.6 Å². The van der Waals surface area contributed by atoms with Gasteiger partial charge in [-0.3, -0.25) is 0 Å². The molecule has 1 aromatic heterocycles. The fourth-order valence-corrected chi connectivity index (χ4v) is 3.54. The zero-order valence-electron chi connectivity index (χ0n) is 18.1. The maximum Gasteiger partial charge on any atom is 0.339 e. The molecule has 0 atom stereocenters. The minimum Gasteiger partial charge on any atom is -0.494 e. The Hall–Kier alpha value is -3.54. The molecule has 0 saturated heterocycles. The van der Waals surface area contributed by atoms with Gasteiger partial charge in [0.15, 0.2) is 0 Å². The first-order chi connectivity index (χ1) is 14.4. The highest BCUT2D eigenvalue weighted by molar-refractivity contribution is 5.90. The molecule has 6 nitrogen and oxygen atoms in total. The number of hydrogen-bond acceptors (Lipinski definition) is 3. The van der Waals surface area contributed by atoms with Gasteiger partial charge in [-0.2, -0.15) is 5.10 Å². The predicted octanol–water partition coefficient (Wildman–Crippen LogP) is 5.27. The first-order valence-corrected chi connectivity index (χ1v) is 9.98. The number of aryl methyl sites for hydroxylation is 3. The van der Waals surface area contributed by atoms with Gasteiger partial charge in [0, 0.05) is 28.3 Å². The van der Waals surface area contributed by atoms with E-state index in [1.165, 1.54) is 0 Å². The van der Waals surface area contributed by atoms with Gasteiger partial charge in [0.2, 0.25) is 0 Å². The van der Waals surface area contributed by atoms with E-state index in [1.807, 2.05) is 77.1 Å². The molecule has 0 fully saturated rings. The van der Waals surface area contributed by atoms with Crippen molar-refractivity contribution in [2.75, 3.05) is 11.9 Å². The molecular formula is C24H28N4O2. The van der Waals surface area contributed by atoms with E-state index in [2.05, 4.69) is 26.5 Å². The highest BCUT2D eigenvalue weighted by Gasteiger charge is 2.10. The number of amides is 2. The van der Waals surface area contributed by atoms with Crippen LogP contribution in [0, 0.1) is 27.7 Å². The van der Waals surface area contributed by atoms with Gasteiger partial charge < -0.3 is 14.6 Å².